The van der Waals surface area contributed by atoms with Gasteiger partial charge in [0.2, 0.25) is 10.0 Å². The first-order valence-electron chi connectivity index (χ1n) is 7.82. The van der Waals surface area contributed by atoms with Gasteiger partial charge in [0.05, 0.1) is 12.3 Å². The molecule has 0 N–H and O–H groups in total. The molecule has 0 aliphatic carbocycles. The average Bonchev–Trinajstić information content (AvgIpc) is 2.93. The molecule has 3 rings (SSSR count). The van der Waals surface area contributed by atoms with Crippen LogP contribution in [0.25, 0.3) is 0 Å². The highest BCUT2D eigenvalue weighted by Crippen LogP contribution is 2.16. The summed E-state index contributed by atoms with van der Waals surface area (Å²) in [5.41, 5.74) is 0.834. The second kappa shape index (κ2) is 6.86. The van der Waals surface area contributed by atoms with Gasteiger partial charge in [-0.15, -0.1) is 0 Å². The van der Waals surface area contributed by atoms with Crippen LogP contribution in [0, 0.1) is 6.92 Å². The zero-order chi connectivity index (χ0) is 16.3. The number of hydrogen-bond donors (Lipinski definition) is 0. The Labute approximate surface area is 137 Å². The molecule has 0 spiro atoms. The van der Waals surface area contributed by atoms with E-state index in [-0.39, 0.29) is 5.75 Å². The second-order valence-electron chi connectivity index (χ2n) is 5.93. The summed E-state index contributed by atoms with van der Waals surface area (Å²) in [7, 11) is -3.25. The van der Waals surface area contributed by atoms with Crippen molar-refractivity contribution in [1.29, 1.82) is 0 Å². The van der Waals surface area contributed by atoms with Crippen molar-refractivity contribution in [2.24, 2.45) is 0 Å². The summed E-state index contributed by atoms with van der Waals surface area (Å²) < 4.78 is 32.2. The highest BCUT2D eigenvalue weighted by Gasteiger charge is 2.27. The summed E-state index contributed by atoms with van der Waals surface area (Å²) in [6, 6.07) is 13.3. The van der Waals surface area contributed by atoms with Gasteiger partial charge in [-0.2, -0.15) is 4.31 Å². The van der Waals surface area contributed by atoms with Crippen molar-refractivity contribution in [3.8, 4) is 0 Å². The van der Waals surface area contributed by atoms with Gasteiger partial charge >= 0.3 is 0 Å². The predicted molar refractivity (Wildman–Crippen MR) is 89.4 cm³/mol. The molecule has 1 aliphatic rings. The van der Waals surface area contributed by atoms with E-state index in [1.54, 1.807) is 4.31 Å². The molecule has 5 nitrogen and oxygen atoms in total. The minimum atomic E-state index is -3.25. The molecule has 1 saturated heterocycles. The lowest BCUT2D eigenvalue weighted by Gasteiger charge is -2.33. The van der Waals surface area contributed by atoms with Crippen LogP contribution in [0.2, 0.25) is 0 Å². The maximum absolute atomic E-state index is 12.5. The van der Waals surface area contributed by atoms with Gasteiger partial charge in [-0.25, -0.2) is 8.42 Å². The number of hydrogen-bond acceptors (Lipinski definition) is 4. The van der Waals surface area contributed by atoms with E-state index < -0.39 is 10.0 Å². The van der Waals surface area contributed by atoms with Crippen molar-refractivity contribution < 1.29 is 12.8 Å². The minimum Gasteiger partial charge on any atom is -0.465 e. The number of sulfonamides is 1. The Hall–Kier alpha value is -1.63. The Balaban J connectivity index is 1.55. The van der Waals surface area contributed by atoms with E-state index in [1.807, 2.05) is 49.4 Å². The van der Waals surface area contributed by atoms with Gasteiger partial charge in [0, 0.05) is 26.2 Å². The van der Waals surface area contributed by atoms with Crippen LogP contribution in [0.15, 0.2) is 46.9 Å². The van der Waals surface area contributed by atoms with Crippen molar-refractivity contribution in [2.45, 2.75) is 19.2 Å². The predicted octanol–water partition coefficient (Wildman–Crippen LogP) is 2.24. The molecule has 0 radical (unpaired) electrons. The maximum atomic E-state index is 12.5. The molecule has 1 aromatic heterocycles. The number of benzene rings is 1. The summed E-state index contributed by atoms with van der Waals surface area (Å²) in [5, 5.41) is 0. The SMILES string of the molecule is Cc1ccc(CN2CCN(S(=O)(=O)Cc3ccccc3)CC2)o1. The lowest BCUT2D eigenvalue weighted by molar-refractivity contribution is 0.170. The van der Waals surface area contributed by atoms with E-state index >= 15 is 0 Å². The molecular formula is C17H22N2O3S. The molecule has 0 bridgehead atoms. The van der Waals surface area contributed by atoms with Crippen LogP contribution in [0.3, 0.4) is 0 Å². The van der Waals surface area contributed by atoms with E-state index in [4.69, 9.17) is 4.42 Å². The molecule has 1 fully saturated rings. The molecule has 0 unspecified atom stereocenters. The number of furan rings is 1. The van der Waals surface area contributed by atoms with Gasteiger partial charge in [-0.1, -0.05) is 30.3 Å². The topological polar surface area (TPSA) is 53.8 Å². The Morgan fingerprint density at radius 2 is 1.70 bits per heavy atom. The molecular weight excluding hydrogens is 312 g/mol. The quantitative estimate of drug-likeness (QED) is 0.841. The van der Waals surface area contributed by atoms with Crippen molar-refractivity contribution in [3.05, 3.63) is 59.5 Å². The van der Waals surface area contributed by atoms with Crippen LogP contribution in [0.4, 0.5) is 0 Å². The third kappa shape index (κ3) is 4.22. The molecule has 2 heterocycles. The third-order valence-corrected chi connectivity index (χ3v) is 5.94. The lowest BCUT2D eigenvalue weighted by Crippen LogP contribution is -2.48. The van der Waals surface area contributed by atoms with Gasteiger partial charge in [0.15, 0.2) is 0 Å². The van der Waals surface area contributed by atoms with Crippen LogP contribution in [0.5, 0.6) is 0 Å². The zero-order valence-corrected chi connectivity index (χ0v) is 14.1. The molecule has 6 heteroatoms. The van der Waals surface area contributed by atoms with E-state index in [0.717, 1.165) is 36.7 Å². The first-order valence-corrected chi connectivity index (χ1v) is 9.43. The first-order chi connectivity index (χ1) is 11.0. The summed E-state index contributed by atoms with van der Waals surface area (Å²) in [4.78, 5) is 2.23. The summed E-state index contributed by atoms with van der Waals surface area (Å²) >= 11 is 0. The third-order valence-electron chi connectivity index (χ3n) is 4.09. The van der Waals surface area contributed by atoms with Crippen LogP contribution in [-0.4, -0.2) is 43.8 Å². The van der Waals surface area contributed by atoms with Crippen LogP contribution in [-0.2, 0) is 22.3 Å². The fraction of sp³-hybridized carbons (Fsp3) is 0.412. The summed E-state index contributed by atoms with van der Waals surface area (Å²) in [5.74, 6) is 1.91. The standard InChI is InChI=1S/C17H22N2O3S/c1-15-7-8-17(22-15)13-18-9-11-19(12-10-18)23(20,21)14-16-5-3-2-4-6-16/h2-8H,9-14H2,1H3. The normalized spacial score (nSPS) is 17.4. The Kier molecular flexibility index (Phi) is 4.84. The smallest absolute Gasteiger partial charge is 0.218 e. The number of nitrogens with zero attached hydrogens (tertiary/aromatic N) is 2. The number of rotatable bonds is 5. The fourth-order valence-electron chi connectivity index (χ4n) is 2.83. The Morgan fingerprint density at radius 1 is 1.00 bits per heavy atom. The van der Waals surface area contributed by atoms with E-state index in [9.17, 15) is 8.42 Å². The monoisotopic (exact) mass is 334 g/mol. The molecule has 0 saturated carbocycles. The molecule has 0 atom stereocenters. The van der Waals surface area contributed by atoms with Gasteiger partial charge in [-0.3, -0.25) is 4.90 Å². The zero-order valence-electron chi connectivity index (χ0n) is 13.3. The van der Waals surface area contributed by atoms with Crippen molar-refractivity contribution in [1.82, 2.24) is 9.21 Å². The average molecular weight is 334 g/mol. The Morgan fingerprint density at radius 3 is 2.30 bits per heavy atom. The van der Waals surface area contributed by atoms with E-state index in [2.05, 4.69) is 4.90 Å². The minimum absolute atomic E-state index is 0.0746. The Bertz CT molecular complexity index is 732. The molecule has 124 valence electrons. The van der Waals surface area contributed by atoms with Crippen LogP contribution < -0.4 is 0 Å². The van der Waals surface area contributed by atoms with Crippen LogP contribution >= 0.6 is 0 Å². The number of aryl methyl sites for hydroxylation is 1. The highest BCUT2D eigenvalue weighted by atomic mass is 32.2. The maximum Gasteiger partial charge on any atom is 0.218 e. The molecule has 1 aromatic carbocycles. The van der Waals surface area contributed by atoms with Gasteiger partial charge in [-0.05, 0) is 24.6 Å². The van der Waals surface area contributed by atoms with Crippen molar-refractivity contribution in [2.75, 3.05) is 26.2 Å². The lowest BCUT2D eigenvalue weighted by atomic mass is 10.2. The van der Waals surface area contributed by atoms with Crippen LogP contribution in [0.1, 0.15) is 17.1 Å². The van der Waals surface area contributed by atoms with Gasteiger partial charge in [0.1, 0.15) is 11.5 Å². The van der Waals surface area contributed by atoms with Crippen molar-refractivity contribution >= 4 is 10.0 Å². The highest BCUT2D eigenvalue weighted by molar-refractivity contribution is 7.88. The van der Waals surface area contributed by atoms with Gasteiger partial charge < -0.3 is 4.42 Å². The molecule has 1 aliphatic heterocycles. The molecule has 0 amide bonds. The largest absolute Gasteiger partial charge is 0.465 e. The summed E-state index contributed by atoms with van der Waals surface area (Å²) in [6.45, 7) is 5.20. The molecule has 23 heavy (non-hydrogen) atoms. The van der Waals surface area contributed by atoms with Gasteiger partial charge in [0.25, 0.3) is 0 Å². The fourth-order valence-corrected chi connectivity index (χ4v) is 4.35. The molecule has 2 aromatic rings. The number of piperazine rings is 1. The van der Waals surface area contributed by atoms with E-state index in [0.29, 0.717) is 13.1 Å². The first kappa shape index (κ1) is 16.2. The summed E-state index contributed by atoms with van der Waals surface area (Å²) in [6.07, 6.45) is 0. The second-order valence-corrected chi connectivity index (χ2v) is 7.90. The van der Waals surface area contributed by atoms with E-state index in [1.165, 1.54) is 0 Å². The van der Waals surface area contributed by atoms with Crippen molar-refractivity contribution in [3.63, 3.8) is 0 Å².